The lowest BCUT2D eigenvalue weighted by molar-refractivity contribution is 0.136. The summed E-state index contributed by atoms with van der Waals surface area (Å²) in [6.45, 7) is 21.8. The Kier molecular flexibility index (Phi) is 12.4. The zero-order valence-corrected chi connectivity index (χ0v) is 21.0. The van der Waals surface area contributed by atoms with Crippen LogP contribution >= 0.6 is 0 Å². The van der Waals surface area contributed by atoms with Crippen LogP contribution in [0.5, 0.6) is 0 Å². The van der Waals surface area contributed by atoms with Gasteiger partial charge in [-0.05, 0) is 75.4 Å². The van der Waals surface area contributed by atoms with Gasteiger partial charge in [0.2, 0.25) is 0 Å². The quantitative estimate of drug-likeness (QED) is 0.228. The normalized spacial score (nSPS) is 19.4. The summed E-state index contributed by atoms with van der Waals surface area (Å²) < 4.78 is 5.74. The van der Waals surface area contributed by atoms with E-state index < -0.39 is 0 Å². The summed E-state index contributed by atoms with van der Waals surface area (Å²) in [6.07, 6.45) is 21.5. The molecule has 0 aromatic heterocycles. The predicted molar refractivity (Wildman–Crippen MR) is 143 cm³/mol. The van der Waals surface area contributed by atoms with E-state index in [0.29, 0.717) is 0 Å². The number of allylic oxidation sites excluding steroid dienone is 9. The van der Waals surface area contributed by atoms with Crippen LogP contribution in [0.2, 0.25) is 0 Å². The molecule has 4 heteroatoms. The van der Waals surface area contributed by atoms with Crippen molar-refractivity contribution >= 4 is 0 Å². The van der Waals surface area contributed by atoms with Crippen molar-refractivity contribution in [3.8, 4) is 0 Å². The molecule has 1 N–H and O–H groups in total. The Morgan fingerprint density at radius 3 is 2.52 bits per heavy atom. The fraction of sp³-hybridized carbons (Fsp3) is 0.448. The molecule has 33 heavy (non-hydrogen) atoms. The van der Waals surface area contributed by atoms with E-state index in [1.165, 1.54) is 11.1 Å². The number of hydrogen-bond donors (Lipinski definition) is 1. The zero-order valence-electron chi connectivity index (χ0n) is 21.0. The minimum absolute atomic E-state index is 0.744. The lowest BCUT2D eigenvalue weighted by Crippen LogP contribution is -2.47. The number of rotatable bonds is 12. The molecular weight excluding hydrogens is 406 g/mol. The van der Waals surface area contributed by atoms with E-state index >= 15 is 0 Å². The molecule has 0 aromatic rings. The highest BCUT2D eigenvalue weighted by molar-refractivity contribution is 5.38. The molecule has 0 bridgehead atoms. The first-order chi connectivity index (χ1) is 16.1. The summed E-state index contributed by atoms with van der Waals surface area (Å²) in [5.41, 5.74) is 5.82. The summed E-state index contributed by atoms with van der Waals surface area (Å²) in [7, 11) is 0. The van der Waals surface area contributed by atoms with Gasteiger partial charge in [-0.1, -0.05) is 49.6 Å². The van der Waals surface area contributed by atoms with Crippen LogP contribution in [-0.4, -0.2) is 55.7 Å². The van der Waals surface area contributed by atoms with Crippen LogP contribution in [0.25, 0.3) is 0 Å². The fourth-order valence-electron chi connectivity index (χ4n) is 4.06. The Bertz CT molecular complexity index is 818. The second kappa shape index (κ2) is 15.3. The highest BCUT2D eigenvalue weighted by atomic mass is 16.5. The standard InChI is InChI=1S/C29H43N3O/c1-6-12-25(4)28(13-7-2)24-32-20-18-31(19-21-32)17-9-10-22-33-23-16-29-27(8-3)15-11-14-26(5)30-29/h6-8,11-14,16,23,30H,3,5,9-10,15,17-22,24H2,1-2,4H3/b12-6-,13-7-,23-16+,28-25-. The van der Waals surface area contributed by atoms with Gasteiger partial charge in [0, 0.05) is 44.1 Å². The Morgan fingerprint density at radius 1 is 1.09 bits per heavy atom. The van der Waals surface area contributed by atoms with Gasteiger partial charge in [-0.25, -0.2) is 0 Å². The third-order valence-electron chi connectivity index (χ3n) is 6.01. The van der Waals surface area contributed by atoms with Crippen molar-refractivity contribution in [1.82, 2.24) is 15.1 Å². The molecule has 1 saturated heterocycles. The number of ether oxygens (including phenoxy) is 1. The molecule has 2 aliphatic heterocycles. The zero-order chi connectivity index (χ0) is 23.9. The summed E-state index contributed by atoms with van der Waals surface area (Å²) in [5.74, 6) is 0. The highest BCUT2D eigenvalue weighted by Gasteiger charge is 2.17. The van der Waals surface area contributed by atoms with Crippen molar-refractivity contribution in [3.05, 3.63) is 96.1 Å². The average Bonchev–Trinajstić information content (AvgIpc) is 2.99. The molecule has 0 spiro atoms. The van der Waals surface area contributed by atoms with Gasteiger partial charge in [-0.2, -0.15) is 0 Å². The molecule has 2 aliphatic rings. The summed E-state index contributed by atoms with van der Waals surface area (Å²) in [6, 6.07) is 0. The molecule has 2 rings (SSSR count). The van der Waals surface area contributed by atoms with Gasteiger partial charge in [0.1, 0.15) is 0 Å². The lowest BCUT2D eigenvalue weighted by atomic mass is 10.1. The molecule has 0 unspecified atom stereocenters. The van der Waals surface area contributed by atoms with E-state index in [1.807, 2.05) is 18.2 Å². The van der Waals surface area contributed by atoms with Gasteiger partial charge in [0.15, 0.2) is 0 Å². The molecule has 0 radical (unpaired) electrons. The molecule has 0 atom stereocenters. The lowest BCUT2D eigenvalue weighted by Gasteiger charge is -2.35. The SMILES string of the molecule is C=CC1=C(/C=C/OCCCCN2CCN(CC(/C=C\C)=C(C)\C=C/C)CC2)NC(=C)C=CC1. The van der Waals surface area contributed by atoms with Crippen LogP contribution in [0.15, 0.2) is 96.1 Å². The van der Waals surface area contributed by atoms with Crippen LogP contribution in [0, 0.1) is 0 Å². The van der Waals surface area contributed by atoms with Gasteiger partial charge in [0.25, 0.3) is 0 Å². The second-order valence-corrected chi connectivity index (χ2v) is 8.61. The Hall–Kier alpha value is -2.56. The first kappa shape index (κ1) is 26.7. The molecule has 4 nitrogen and oxygen atoms in total. The van der Waals surface area contributed by atoms with Gasteiger partial charge >= 0.3 is 0 Å². The third-order valence-corrected chi connectivity index (χ3v) is 6.01. The van der Waals surface area contributed by atoms with Gasteiger partial charge in [-0.3, -0.25) is 4.90 Å². The fourth-order valence-corrected chi connectivity index (χ4v) is 4.06. The Balaban J connectivity index is 1.64. The summed E-state index contributed by atoms with van der Waals surface area (Å²) >= 11 is 0. The first-order valence-electron chi connectivity index (χ1n) is 12.2. The third kappa shape index (κ3) is 9.85. The maximum absolute atomic E-state index is 5.74. The molecule has 0 saturated carbocycles. The van der Waals surface area contributed by atoms with Crippen molar-refractivity contribution in [2.75, 3.05) is 45.9 Å². The Labute approximate surface area is 202 Å². The minimum atomic E-state index is 0.744. The van der Waals surface area contributed by atoms with E-state index in [-0.39, 0.29) is 0 Å². The molecule has 0 amide bonds. The number of nitrogens with zero attached hydrogens (tertiary/aromatic N) is 2. The Morgan fingerprint density at radius 2 is 1.82 bits per heavy atom. The van der Waals surface area contributed by atoms with Crippen LogP contribution < -0.4 is 5.32 Å². The maximum atomic E-state index is 5.74. The van der Waals surface area contributed by atoms with Crippen molar-refractivity contribution < 1.29 is 4.74 Å². The average molecular weight is 450 g/mol. The van der Waals surface area contributed by atoms with Crippen molar-refractivity contribution in [2.45, 2.75) is 40.0 Å². The largest absolute Gasteiger partial charge is 0.501 e. The second-order valence-electron chi connectivity index (χ2n) is 8.61. The van der Waals surface area contributed by atoms with E-state index in [9.17, 15) is 0 Å². The van der Waals surface area contributed by atoms with E-state index in [2.05, 4.69) is 79.4 Å². The molecule has 2 heterocycles. The highest BCUT2D eigenvalue weighted by Crippen LogP contribution is 2.16. The van der Waals surface area contributed by atoms with Crippen LogP contribution in [0.3, 0.4) is 0 Å². The molecule has 1 fully saturated rings. The topological polar surface area (TPSA) is 27.7 Å². The van der Waals surface area contributed by atoms with Crippen LogP contribution in [-0.2, 0) is 4.74 Å². The molecular formula is C29H43N3O. The number of hydrogen-bond acceptors (Lipinski definition) is 4. The predicted octanol–water partition coefficient (Wildman–Crippen LogP) is 5.89. The first-order valence-corrected chi connectivity index (χ1v) is 12.2. The van der Waals surface area contributed by atoms with Crippen molar-refractivity contribution in [2.24, 2.45) is 0 Å². The monoisotopic (exact) mass is 449 g/mol. The van der Waals surface area contributed by atoms with Crippen LogP contribution in [0.4, 0.5) is 0 Å². The van der Waals surface area contributed by atoms with Crippen molar-refractivity contribution in [3.63, 3.8) is 0 Å². The van der Waals surface area contributed by atoms with Crippen molar-refractivity contribution in [1.29, 1.82) is 0 Å². The number of nitrogens with one attached hydrogen (secondary N) is 1. The molecule has 0 aromatic carbocycles. The molecule has 180 valence electrons. The van der Waals surface area contributed by atoms with Gasteiger partial charge in [0.05, 0.1) is 12.9 Å². The molecule has 0 aliphatic carbocycles. The van der Waals surface area contributed by atoms with E-state index in [4.69, 9.17) is 4.74 Å². The van der Waals surface area contributed by atoms with Gasteiger partial charge < -0.3 is 15.0 Å². The maximum Gasteiger partial charge on any atom is 0.0873 e. The van der Waals surface area contributed by atoms with E-state index in [0.717, 1.165) is 82.1 Å². The van der Waals surface area contributed by atoms with Crippen LogP contribution in [0.1, 0.15) is 40.0 Å². The smallest absolute Gasteiger partial charge is 0.0873 e. The number of unbranched alkanes of at least 4 members (excludes halogenated alkanes) is 1. The summed E-state index contributed by atoms with van der Waals surface area (Å²) in [4.78, 5) is 5.16. The number of piperazine rings is 1. The van der Waals surface area contributed by atoms with Gasteiger partial charge in [-0.15, -0.1) is 0 Å². The minimum Gasteiger partial charge on any atom is -0.501 e. The summed E-state index contributed by atoms with van der Waals surface area (Å²) in [5, 5.41) is 3.30. The van der Waals surface area contributed by atoms with E-state index in [1.54, 1.807) is 6.26 Å².